The maximum Gasteiger partial charge on any atom is 0.0715 e. The van der Waals surface area contributed by atoms with Crippen molar-refractivity contribution in [2.45, 2.75) is 19.1 Å². The van der Waals surface area contributed by atoms with Gasteiger partial charge in [0.2, 0.25) is 0 Å². The molecule has 0 aliphatic heterocycles. The fourth-order valence-corrected chi connectivity index (χ4v) is 0.534. The van der Waals surface area contributed by atoms with E-state index in [0.29, 0.717) is 6.54 Å². The van der Waals surface area contributed by atoms with Crippen molar-refractivity contribution in [1.29, 1.82) is 0 Å². The Kier molecular flexibility index (Phi) is 4.61. The van der Waals surface area contributed by atoms with E-state index in [0.717, 1.165) is 6.54 Å². The Hall–Kier alpha value is -0.160. The van der Waals surface area contributed by atoms with Gasteiger partial charge in [-0.25, -0.2) is 0 Å². The van der Waals surface area contributed by atoms with Crippen molar-refractivity contribution in [1.82, 2.24) is 5.32 Å². The minimum atomic E-state index is -0.167. The van der Waals surface area contributed by atoms with Crippen LogP contribution in [0.2, 0.25) is 0 Å². The van der Waals surface area contributed by atoms with Gasteiger partial charge in [0.1, 0.15) is 0 Å². The molecule has 0 aliphatic carbocycles. The highest BCUT2D eigenvalue weighted by atomic mass is 15.1. The van der Waals surface area contributed by atoms with E-state index in [4.69, 9.17) is 17.2 Å². The molecular weight excluding hydrogens is 116 g/mol. The summed E-state index contributed by atoms with van der Waals surface area (Å²) in [5.74, 6) is 0. The Bertz CT molecular complexity index is 66.0. The number of hydrogen-bond donors (Lipinski definition) is 4. The second-order valence-electron chi connectivity index (χ2n) is 1.98. The third-order valence-electron chi connectivity index (χ3n) is 1.17. The zero-order valence-corrected chi connectivity index (χ0v) is 5.80. The standard InChI is InChI=1S/C5H16N4/c1-2-9-5(8)4(7)3-6/h4-5,9H,2-3,6-8H2,1H3. The van der Waals surface area contributed by atoms with Gasteiger partial charge in [0.25, 0.3) is 0 Å². The fraction of sp³-hybridized carbons (Fsp3) is 1.00. The van der Waals surface area contributed by atoms with Gasteiger partial charge in [-0.05, 0) is 6.54 Å². The Balaban J connectivity index is 3.32. The van der Waals surface area contributed by atoms with E-state index >= 15 is 0 Å². The van der Waals surface area contributed by atoms with Gasteiger partial charge in [-0.2, -0.15) is 0 Å². The van der Waals surface area contributed by atoms with E-state index in [9.17, 15) is 0 Å². The summed E-state index contributed by atoms with van der Waals surface area (Å²) in [6.45, 7) is 3.23. The van der Waals surface area contributed by atoms with Gasteiger partial charge in [-0.1, -0.05) is 6.92 Å². The first-order valence-electron chi connectivity index (χ1n) is 3.17. The Morgan fingerprint density at radius 2 is 2.00 bits per heavy atom. The van der Waals surface area contributed by atoms with Crippen molar-refractivity contribution in [2.24, 2.45) is 17.2 Å². The SMILES string of the molecule is CCNC(N)C(N)CN. The number of nitrogens with two attached hydrogens (primary N) is 3. The van der Waals surface area contributed by atoms with Crippen molar-refractivity contribution >= 4 is 0 Å². The molecule has 0 radical (unpaired) electrons. The molecule has 56 valence electrons. The predicted molar refractivity (Wildman–Crippen MR) is 38.7 cm³/mol. The van der Waals surface area contributed by atoms with Crippen LogP contribution in [0.5, 0.6) is 0 Å². The average Bonchev–Trinajstić information content (AvgIpc) is 1.87. The highest BCUT2D eigenvalue weighted by molar-refractivity contribution is 4.73. The van der Waals surface area contributed by atoms with Crippen LogP contribution in [0.1, 0.15) is 6.92 Å². The molecule has 7 N–H and O–H groups in total. The monoisotopic (exact) mass is 132 g/mol. The predicted octanol–water partition coefficient (Wildman–Crippen LogP) is -1.83. The molecule has 0 fully saturated rings. The summed E-state index contributed by atoms with van der Waals surface area (Å²) in [7, 11) is 0. The first-order chi connectivity index (χ1) is 4.22. The number of nitrogens with one attached hydrogen (secondary N) is 1. The molecular formula is C5H16N4. The summed E-state index contributed by atoms with van der Waals surface area (Å²) in [6, 6.07) is -0.134. The molecule has 0 spiro atoms. The van der Waals surface area contributed by atoms with Crippen molar-refractivity contribution in [3.63, 3.8) is 0 Å². The van der Waals surface area contributed by atoms with Crippen LogP contribution in [-0.2, 0) is 0 Å². The molecule has 4 heteroatoms. The maximum absolute atomic E-state index is 5.52. The van der Waals surface area contributed by atoms with Crippen LogP contribution in [0.4, 0.5) is 0 Å². The van der Waals surface area contributed by atoms with Crippen molar-refractivity contribution in [2.75, 3.05) is 13.1 Å². The highest BCUT2D eigenvalue weighted by Gasteiger charge is 2.07. The normalized spacial score (nSPS) is 17.3. The first-order valence-corrected chi connectivity index (χ1v) is 3.17. The third-order valence-corrected chi connectivity index (χ3v) is 1.17. The van der Waals surface area contributed by atoms with Crippen molar-refractivity contribution in [3.8, 4) is 0 Å². The molecule has 0 aliphatic rings. The van der Waals surface area contributed by atoms with Crippen molar-refractivity contribution in [3.05, 3.63) is 0 Å². The van der Waals surface area contributed by atoms with Gasteiger partial charge >= 0.3 is 0 Å². The summed E-state index contributed by atoms with van der Waals surface area (Å²) in [5.41, 5.74) is 16.3. The number of rotatable bonds is 4. The molecule has 9 heavy (non-hydrogen) atoms. The average molecular weight is 132 g/mol. The molecule has 0 saturated heterocycles. The minimum Gasteiger partial charge on any atom is -0.329 e. The number of likely N-dealkylation sites (N-methyl/N-ethyl adjacent to an activating group) is 1. The maximum atomic E-state index is 5.52. The van der Waals surface area contributed by atoms with Crippen LogP contribution in [-0.4, -0.2) is 25.3 Å². The molecule has 2 unspecified atom stereocenters. The first kappa shape index (κ1) is 8.84. The summed E-state index contributed by atoms with van der Waals surface area (Å²) >= 11 is 0. The molecule has 0 heterocycles. The molecule has 0 aromatic carbocycles. The summed E-state index contributed by atoms with van der Waals surface area (Å²) < 4.78 is 0. The Labute approximate surface area is 55.8 Å². The van der Waals surface area contributed by atoms with Crippen LogP contribution < -0.4 is 22.5 Å². The van der Waals surface area contributed by atoms with Crippen molar-refractivity contribution < 1.29 is 0 Å². The van der Waals surface area contributed by atoms with Gasteiger partial charge in [0.15, 0.2) is 0 Å². The second-order valence-corrected chi connectivity index (χ2v) is 1.98. The summed E-state index contributed by atoms with van der Waals surface area (Å²) in [5, 5.41) is 2.97. The molecule has 0 aromatic rings. The topological polar surface area (TPSA) is 90.1 Å². The van der Waals surface area contributed by atoms with E-state index in [1.807, 2.05) is 6.92 Å². The molecule has 0 bridgehead atoms. The van der Waals surface area contributed by atoms with Gasteiger partial charge in [0.05, 0.1) is 6.17 Å². The van der Waals surface area contributed by atoms with Crippen LogP contribution in [0.15, 0.2) is 0 Å². The van der Waals surface area contributed by atoms with E-state index in [1.165, 1.54) is 0 Å². The molecule has 2 atom stereocenters. The summed E-state index contributed by atoms with van der Waals surface area (Å²) in [6.07, 6.45) is -0.167. The van der Waals surface area contributed by atoms with Gasteiger partial charge in [0, 0.05) is 12.6 Å². The summed E-state index contributed by atoms with van der Waals surface area (Å²) in [4.78, 5) is 0. The molecule has 0 rings (SSSR count). The minimum absolute atomic E-state index is 0.134. The Morgan fingerprint density at radius 3 is 2.33 bits per heavy atom. The van der Waals surface area contributed by atoms with Crippen LogP contribution in [0.3, 0.4) is 0 Å². The second kappa shape index (κ2) is 4.69. The third kappa shape index (κ3) is 3.42. The van der Waals surface area contributed by atoms with Gasteiger partial charge in [-0.3, -0.25) is 0 Å². The molecule has 0 saturated carbocycles. The van der Waals surface area contributed by atoms with Gasteiger partial charge < -0.3 is 22.5 Å². The highest BCUT2D eigenvalue weighted by Crippen LogP contribution is 1.76. The lowest BCUT2D eigenvalue weighted by Crippen LogP contribution is -2.54. The lowest BCUT2D eigenvalue weighted by Gasteiger charge is -2.17. The van der Waals surface area contributed by atoms with E-state index < -0.39 is 0 Å². The molecule has 4 nitrogen and oxygen atoms in total. The number of hydrogen-bond acceptors (Lipinski definition) is 4. The zero-order chi connectivity index (χ0) is 7.28. The fourth-order valence-electron chi connectivity index (χ4n) is 0.534. The Morgan fingerprint density at radius 1 is 1.44 bits per heavy atom. The smallest absolute Gasteiger partial charge is 0.0715 e. The van der Waals surface area contributed by atoms with Crippen LogP contribution >= 0.6 is 0 Å². The van der Waals surface area contributed by atoms with Gasteiger partial charge in [-0.15, -0.1) is 0 Å². The lowest BCUT2D eigenvalue weighted by atomic mass is 10.2. The lowest BCUT2D eigenvalue weighted by molar-refractivity contribution is 0.455. The van der Waals surface area contributed by atoms with E-state index in [2.05, 4.69) is 5.32 Å². The molecule has 0 amide bonds. The molecule has 0 aromatic heterocycles. The quantitative estimate of drug-likeness (QED) is 0.339. The van der Waals surface area contributed by atoms with E-state index in [-0.39, 0.29) is 12.2 Å². The van der Waals surface area contributed by atoms with Crippen LogP contribution in [0.25, 0.3) is 0 Å². The van der Waals surface area contributed by atoms with Crippen LogP contribution in [0, 0.1) is 0 Å². The van der Waals surface area contributed by atoms with E-state index in [1.54, 1.807) is 0 Å². The zero-order valence-electron chi connectivity index (χ0n) is 5.80. The largest absolute Gasteiger partial charge is 0.329 e.